The first-order valence-corrected chi connectivity index (χ1v) is 8.21. The molecule has 2 aliphatic rings. The molecule has 0 atom stereocenters. The second kappa shape index (κ2) is 5.06. The molecule has 5 rings (SSSR count). The van der Waals surface area contributed by atoms with Gasteiger partial charge >= 0.3 is 0 Å². The number of methoxy groups -OCH3 is 1. The van der Waals surface area contributed by atoms with Gasteiger partial charge in [-0.2, -0.15) is 0 Å². The molecule has 0 saturated heterocycles. The minimum atomic E-state index is 0.766. The molecule has 120 valence electrons. The maximum atomic E-state index is 5.51. The Hall–Kier alpha value is -2.89. The lowest BCUT2D eigenvalue weighted by Gasteiger charge is -2.14. The summed E-state index contributed by atoms with van der Waals surface area (Å²) in [6, 6.07) is 4.00. The molecule has 2 N–H and O–H groups in total. The SMILES string of the molecule is COc1cc2c(cc1Nc1ncnc3[nH]c4c(c13)CCCC4)=CN=2. The third kappa shape index (κ3) is 1.92. The smallest absolute Gasteiger partial charge is 0.144 e. The number of ether oxygens (including phenoxy) is 1. The number of hydrogen-bond acceptors (Lipinski definition) is 5. The minimum Gasteiger partial charge on any atom is -0.494 e. The van der Waals surface area contributed by atoms with E-state index < -0.39 is 0 Å². The summed E-state index contributed by atoms with van der Waals surface area (Å²) >= 11 is 0. The van der Waals surface area contributed by atoms with E-state index in [1.54, 1.807) is 13.4 Å². The van der Waals surface area contributed by atoms with Crippen LogP contribution in [0.2, 0.25) is 0 Å². The summed E-state index contributed by atoms with van der Waals surface area (Å²) < 4.78 is 5.51. The van der Waals surface area contributed by atoms with Crippen molar-refractivity contribution in [1.82, 2.24) is 15.0 Å². The molecule has 0 spiro atoms. The van der Waals surface area contributed by atoms with Crippen molar-refractivity contribution < 1.29 is 4.74 Å². The summed E-state index contributed by atoms with van der Waals surface area (Å²) in [6.45, 7) is 0. The van der Waals surface area contributed by atoms with E-state index in [-0.39, 0.29) is 0 Å². The van der Waals surface area contributed by atoms with Gasteiger partial charge in [-0.25, -0.2) is 9.97 Å². The fourth-order valence-electron chi connectivity index (χ4n) is 3.59. The molecule has 6 heteroatoms. The van der Waals surface area contributed by atoms with Gasteiger partial charge in [0.05, 0.1) is 23.5 Å². The standard InChI is InChI=1S/C18H17N5O/c1-24-15-7-13-10(8-19-13)6-14(15)23-18-16-11-4-2-3-5-12(11)22-17(16)20-9-21-18/h6-9H,2-5H2,1H3,(H2,20,21,22,23). The lowest BCUT2D eigenvalue weighted by atomic mass is 9.96. The van der Waals surface area contributed by atoms with Gasteiger partial charge in [0.2, 0.25) is 0 Å². The molecule has 24 heavy (non-hydrogen) atoms. The number of aromatic amines is 1. The normalized spacial score (nSPS) is 14.9. The molecule has 1 aliphatic carbocycles. The van der Waals surface area contributed by atoms with Crippen LogP contribution >= 0.6 is 0 Å². The van der Waals surface area contributed by atoms with Crippen LogP contribution in [0.4, 0.5) is 11.5 Å². The van der Waals surface area contributed by atoms with Crippen LogP contribution in [0.3, 0.4) is 0 Å². The molecular formula is C18H17N5O. The quantitative estimate of drug-likeness (QED) is 0.774. The van der Waals surface area contributed by atoms with Gasteiger partial charge in [-0.15, -0.1) is 0 Å². The summed E-state index contributed by atoms with van der Waals surface area (Å²) in [4.78, 5) is 16.6. The van der Waals surface area contributed by atoms with Crippen LogP contribution in [0.5, 0.6) is 5.75 Å². The number of H-pyrrole nitrogens is 1. The van der Waals surface area contributed by atoms with Crippen molar-refractivity contribution in [3.8, 4) is 5.75 Å². The molecule has 0 saturated carbocycles. The highest BCUT2D eigenvalue weighted by molar-refractivity contribution is 5.93. The average Bonchev–Trinajstić information content (AvgIpc) is 2.97. The zero-order chi connectivity index (χ0) is 16.1. The Morgan fingerprint density at radius 3 is 2.92 bits per heavy atom. The van der Waals surface area contributed by atoms with Gasteiger partial charge in [0.15, 0.2) is 0 Å². The molecule has 0 unspecified atom stereocenters. The van der Waals surface area contributed by atoms with Gasteiger partial charge < -0.3 is 15.0 Å². The van der Waals surface area contributed by atoms with Gasteiger partial charge in [-0.1, -0.05) is 0 Å². The molecule has 3 aromatic rings. The number of rotatable bonds is 3. The van der Waals surface area contributed by atoms with Crippen LogP contribution in [-0.4, -0.2) is 22.1 Å². The monoisotopic (exact) mass is 319 g/mol. The number of anilines is 2. The minimum absolute atomic E-state index is 0.766. The summed E-state index contributed by atoms with van der Waals surface area (Å²) in [6.07, 6.45) is 8.06. The largest absolute Gasteiger partial charge is 0.494 e. The number of nitrogens with one attached hydrogen (secondary N) is 2. The number of aryl methyl sites for hydroxylation is 2. The Morgan fingerprint density at radius 1 is 1.17 bits per heavy atom. The highest BCUT2D eigenvalue weighted by Crippen LogP contribution is 2.34. The Kier molecular flexibility index (Phi) is 2.85. The van der Waals surface area contributed by atoms with Crippen LogP contribution in [0.1, 0.15) is 24.1 Å². The molecule has 1 aromatic carbocycles. The van der Waals surface area contributed by atoms with E-state index in [0.29, 0.717) is 0 Å². The van der Waals surface area contributed by atoms with Crippen molar-refractivity contribution in [2.45, 2.75) is 25.7 Å². The van der Waals surface area contributed by atoms with Crippen molar-refractivity contribution in [3.63, 3.8) is 0 Å². The molecule has 3 heterocycles. The van der Waals surface area contributed by atoms with Gasteiger partial charge in [0.1, 0.15) is 23.5 Å². The van der Waals surface area contributed by atoms with Crippen molar-refractivity contribution in [2.75, 3.05) is 12.4 Å². The van der Waals surface area contributed by atoms with Crippen LogP contribution in [-0.2, 0) is 12.8 Å². The van der Waals surface area contributed by atoms with Gasteiger partial charge in [-0.05, 0) is 37.3 Å². The number of aromatic nitrogens is 3. The predicted molar refractivity (Wildman–Crippen MR) is 92.1 cm³/mol. The summed E-state index contributed by atoms with van der Waals surface area (Å²) in [7, 11) is 1.67. The lowest BCUT2D eigenvalue weighted by Crippen LogP contribution is -2.31. The number of benzene rings is 1. The van der Waals surface area contributed by atoms with Crippen LogP contribution in [0.25, 0.3) is 17.2 Å². The highest BCUT2D eigenvalue weighted by atomic mass is 16.5. The summed E-state index contributed by atoms with van der Waals surface area (Å²) in [5.74, 6) is 1.59. The van der Waals surface area contributed by atoms with Crippen LogP contribution in [0, 0.1) is 0 Å². The Morgan fingerprint density at radius 2 is 2.08 bits per heavy atom. The third-order valence-corrected chi connectivity index (χ3v) is 4.83. The molecule has 6 nitrogen and oxygen atoms in total. The first kappa shape index (κ1) is 13.5. The third-order valence-electron chi connectivity index (χ3n) is 4.83. The van der Waals surface area contributed by atoms with Crippen LogP contribution < -0.4 is 20.6 Å². The molecule has 0 fully saturated rings. The highest BCUT2D eigenvalue weighted by Gasteiger charge is 2.20. The first-order chi connectivity index (χ1) is 11.8. The van der Waals surface area contributed by atoms with E-state index in [0.717, 1.165) is 51.7 Å². The van der Waals surface area contributed by atoms with E-state index in [1.165, 1.54) is 24.1 Å². The van der Waals surface area contributed by atoms with Gasteiger partial charge in [-0.3, -0.25) is 4.99 Å². The second-order valence-electron chi connectivity index (χ2n) is 6.23. The fraction of sp³-hybridized carbons (Fsp3) is 0.278. The predicted octanol–water partition coefficient (Wildman–Crippen LogP) is 1.96. The van der Waals surface area contributed by atoms with Crippen molar-refractivity contribution >= 4 is 28.7 Å². The summed E-state index contributed by atoms with van der Waals surface area (Å²) in [5, 5.41) is 6.62. The zero-order valence-electron chi connectivity index (χ0n) is 13.4. The molecule has 0 amide bonds. The van der Waals surface area contributed by atoms with Gasteiger partial charge in [0.25, 0.3) is 0 Å². The molecular weight excluding hydrogens is 302 g/mol. The van der Waals surface area contributed by atoms with E-state index >= 15 is 0 Å². The maximum Gasteiger partial charge on any atom is 0.144 e. The van der Waals surface area contributed by atoms with Crippen molar-refractivity contribution in [3.05, 3.63) is 40.3 Å². The Bertz CT molecular complexity index is 1080. The molecule has 1 aliphatic heterocycles. The van der Waals surface area contributed by atoms with Gasteiger partial charge in [0, 0.05) is 23.2 Å². The van der Waals surface area contributed by atoms with E-state index in [4.69, 9.17) is 4.74 Å². The number of nitrogens with zero attached hydrogens (tertiary/aromatic N) is 3. The van der Waals surface area contributed by atoms with E-state index in [2.05, 4.69) is 25.3 Å². The lowest BCUT2D eigenvalue weighted by molar-refractivity contribution is 0.416. The molecule has 0 bridgehead atoms. The maximum absolute atomic E-state index is 5.51. The van der Waals surface area contributed by atoms with Crippen molar-refractivity contribution in [1.29, 1.82) is 0 Å². The first-order valence-electron chi connectivity index (χ1n) is 8.21. The van der Waals surface area contributed by atoms with Crippen molar-refractivity contribution in [2.24, 2.45) is 4.99 Å². The zero-order valence-corrected chi connectivity index (χ0v) is 13.4. The van der Waals surface area contributed by atoms with E-state index in [9.17, 15) is 0 Å². The molecule has 0 radical (unpaired) electrons. The Labute approximate surface area is 138 Å². The average molecular weight is 319 g/mol. The van der Waals surface area contributed by atoms with E-state index in [1.807, 2.05) is 18.3 Å². The molecule has 2 aromatic heterocycles. The number of fused-ring (bicyclic) bond motifs is 4. The topological polar surface area (TPSA) is 75.2 Å². The number of hydrogen-bond donors (Lipinski definition) is 2. The summed E-state index contributed by atoms with van der Waals surface area (Å²) in [5.41, 5.74) is 4.46. The second-order valence-corrected chi connectivity index (χ2v) is 6.23. The Balaban J connectivity index is 1.66. The fourth-order valence-corrected chi connectivity index (χ4v) is 3.59. The van der Waals surface area contributed by atoms with Crippen LogP contribution in [0.15, 0.2) is 23.5 Å².